The van der Waals surface area contributed by atoms with Gasteiger partial charge in [-0.15, -0.1) is 0 Å². The smallest absolute Gasteiger partial charge is 0.287 e. The summed E-state index contributed by atoms with van der Waals surface area (Å²) in [6.45, 7) is 0.669. The van der Waals surface area contributed by atoms with Gasteiger partial charge in [0, 0.05) is 36.3 Å². The fourth-order valence-electron chi connectivity index (χ4n) is 3.24. The first kappa shape index (κ1) is 21.0. The van der Waals surface area contributed by atoms with E-state index in [2.05, 4.69) is 25.6 Å². The lowest BCUT2D eigenvalue weighted by molar-refractivity contribution is -0.385. The number of rotatable bonds is 9. The highest BCUT2D eigenvalue weighted by atomic mass is 16.6. The van der Waals surface area contributed by atoms with Gasteiger partial charge in [-0.3, -0.25) is 14.9 Å². The minimum atomic E-state index is -0.518. The number of oxazole rings is 1. The molecule has 3 heterocycles. The fraction of sp³-hybridized carbons (Fsp3) is 0.190. The van der Waals surface area contributed by atoms with Crippen LogP contribution in [-0.4, -0.2) is 38.9 Å². The molecule has 32 heavy (non-hydrogen) atoms. The Kier molecular flexibility index (Phi) is 6.08. The summed E-state index contributed by atoms with van der Waals surface area (Å²) in [5, 5.41) is 17.4. The van der Waals surface area contributed by atoms with Gasteiger partial charge in [-0.25, -0.2) is 9.97 Å². The lowest BCUT2D eigenvalue weighted by Crippen LogP contribution is -2.29. The average Bonchev–Trinajstić information content (AvgIpc) is 3.45. The SMILES string of the molecule is NC(Cc1c[nH]c2ccccc12)c1nc(C(=O)NCCNc2ccc([N+](=O)[O-])cn2)co1. The second kappa shape index (κ2) is 9.27. The third kappa shape index (κ3) is 4.73. The third-order valence-electron chi connectivity index (χ3n) is 4.86. The quantitative estimate of drug-likeness (QED) is 0.177. The van der Waals surface area contributed by atoms with Gasteiger partial charge >= 0.3 is 0 Å². The number of benzene rings is 1. The second-order valence-electron chi connectivity index (χ2n) is 7.08. The zero-order chi connectivity index (χ0) is 22.5. The van der Waals surface area contributed by atoms with Crippen molar-refractivity contribution in [2.24, 2.45) is 5.73 Å². The van der Waals surface area contributed by atoms with Crippen molar-refractivity contribution in [2.45, 2.75) is 12.5 Å². The van der Waals surface area contributed by atoms with Crippen LogP contribution in [-0.2, 0) is 6.42 Å². The molecule has 0 saturated carbocycles. The first-order valence-corrected chi connectivity index (χ1v) is 9.90. The monoisotopic (exact) mass is 435 g/mol. The van der Waals surface area contributed by atoms with Gasteiger partial charge in [0.15, 0.2) is 5.69 Å². The predicted molar refractivity (Wildman–Crippen MR) is 117 cm³/mol. The molecule has 0 aliphatic heterocycles. The van der Waals surface area contributed by atoms with Crippen LogP contribution in [0.4, 0.5) is 11.5 Å². The standard InChI is InChI=1S/C21H21N7O4/c22-16(9-13-10-25-17-4-2-1-3-15(13)17)21-27-18(12-32-21)20(29)24-8-7-23-19-6-5-14(11-26-19)28(30)31/h1-6,10-12,16,25H,7-9,22H2,(H,23,26)(H,24,29). The molecule has 11 heteroatoms. The van der Waals surface area contributed by atoms with Crippen molar-refractivity contribution >= 4 is 28.3 Å². The van der Waals surface area contributed by atoms with Gasteiger partial charge in [0.1, 0.15) is 18.3 Å². The second-order valence-corrected chi connectivity index (χ2v) is 7.08. The van der Waals surface area contributed by atoms with Gasteiger partial charge in [-0.1, -0.05) is 18.2 Å². The number of pyridine rings is 1. The van der Waals surface area contributed by atoms with E-state index in [1.165, 1.54) is 18.4 Å². The number of amides is 1. The van der Waals surface area contributed by atoms with Crippen LogP contribution in [0.15, 0.2) is 59.5 Å². The summed E-state index contributed by atoms with van der Waals surface area (Å²) in [5.74, 6) is 0.364. The Hall–Kier alpha value is -4.25. The molecule has 1 atom stereocenters. The van der Waals surface area contributed by atoms with E-state index in [1.807, 2.05) is 30.5 Å². The van der Waals surface area contributed by atoms with E-state index in [4.69, 9.17) is 10.2 Å². The first-order chi connectivity index (χ1) is 15.5. The van der Waals surface area contributed by atoms with Crippen LogP contribution in [0.5, 0.6) is 0 Å². The lowest BCUT2D eigenvalue weighted by atomic mass is 10.1. The van der Waals surface area contributed by atoms with Gasteiger partial charge in [-0.05, 0) is 24.1 Å². The van der Waals surface area contributed by atoms with Gasteiger partial charge in [0.25, 0.3) is 11.6 Å². The number of aromatic nitrogens is 3. The molecule has 1 amide bonds. The fourth-order valence-corrected chi connectivity index (χ4v) is 3.24. The number of hydrogen-bond acceptors (Lipinski definition) is 8. The molecule has 0 saturated heterocycles. The molecule has 0 aliphatic carbocycles. The largest absolute Gasteiger partial charge is 0.446 e. The van der Waals surface area contributed by atoms with E-state index in [-0.39, 0.29) is 17.3 Å². The molecular weight excluding hydrogens is 414 g/mol. The van der Waals surface area contributed by atoms with E-state index in [0.717, 1.165) is 22.7 Å². The van der Waals surface area contributed by atoms with Crippen LogP contribution in [0.25, 0.3) is 10.9 Å². The highest BCUT2D eigenvalue weighted by Gasteiger charge is 2.18. The summed E-state index contributed by atoms with van der Waals surface area (Å²) in [7, 11) is 0. The summed E-state index contributed by atoms with van der Waals surface area (Å²) >= 11 is 0. The Labute approximate surface area is 182 Å². The molecule has 11 nitrogen and oxygen atoms in total. The number of hydrogen-bond donors (Lipinski definition) is 4. The number of aromatic amines is 1. The molecule has 5 N–H and O–H groups in total. The number of H-pyrrole nitrogens is 1. The van der Waals surface area contributed by atoms with E-state index >= 15 is 0 Å². The molecule has 0 aliphatic rings. The maximum absolute atomic E-state index is 12.3. The zero-order valence-corrected chi connectivity index (χ0v) is 16.9. The van der Waals surface area contributed by atoms with E-state index in [1.54, 1.807) is 0 Å². The summed E-state index contributed by atoms with van der Waals surface area (Å²) in [6, 6.07) is 10.3. The minimum Gasteiger partial charge on any atom is -0.446 e. The molecule has 0 bridgehead atoms. The summed E-state index contributed by atoms with van der Waals surface area (Å²) in [6.07, 6.45) is 4.87. The number of anilines is 1. The highest BCUT2D eigenvalue weighted by molar-refractivity contribution is 5.91. The third-order valence-corrected chi connectivity index (χ3v) is 4.86. The van der Waals surface area contributed by atoms with Crippen LogP contribution in [0.1, 0.15) is 28.0 Å². The van der Waals surface area contributed by atoms with Crippen molar-refractivity contribution in [3.05, 3.63) is 82.3 Å². The number of fused-ring (bicyclic) bond motifs is 1. The van der Waals surface area contributed by atoms with Gasteiger partial charge in [0.05, 0.1) is 11.0 Å². The van der Waals surface area contributed by atoms with Crippen LogP contribution in [0.2, 0.25) is 0 Å². The highest BCUT2D eigenvalue weighted by Crippen LogP contribution is 2.23. The average molecular weight is 435 g/mol. The number of para-hydroxylation sites is 1. The molecule has 1 aromatic carbocycles. The Morgan fingerprint density at radius 3 is 2.88 bits per heavy atom. The normalized spacial score (nSPS) is 11.9. The number of carbonyl (C=O) groups is 1. The van der Waals surface area contributed by atoms with Crippen LogP contribution >= 0.6 is 0 Å². The van der Waals surface area contributed by atoms with Crippen molar-refractivity contribution in [1.29, 1.82) is 0 Å². The van der Waals surface area contributed by atoms with Crippen molar-refractivity contribution in [1.82, 2.24) is 20.3 Å². The molecule has 0 fully saturated rings. The molecular formula is C21H21N7O4. The Balaban J connectivity index is 1.27. The van der Waals surface area contributed by atoms with E-state index < -0.39 is 16.9 Å². The van der Waals surface area contributed by atoms with Crippen molar-refractivity contribution in [3.63, 3.8) is 0 Å². The molecule has 1 unspecified atom stereocenters. The molecule has 4 rings (SSSR count). The lowest BCUT2D eigenvalue weighted by Gasteiger charge is -2.07. The Morgan fingerprint density at radius 2 is 2.09 bits per heavy atom. The van der Waals surface area contributed by atoms with Crippen molar-refractivity contribution in [2.75, 3.05) is 18.4 Å². The molecule has 3 aromatic heterocycles. The van der Waals surface area contributed by atoms with Crippen LogP contribution in [0.3, 0.4) is 0 Å². The summed E-state index contributed by atoms with van der Waals surface area (Å²) < 4.78 is 5.43. The molecule has 0 radical (unpaired) electrons. The molecule has 164 valence electrons. The Morgan fingerprint density at radius 1 is 1.25 bits per heavy atom. The summed E-state index contributed by atoms with van der Waals surface area (Å²) in [5.41, 5.74) is 8.37. The van der Waals surface area contributed by atoms with Crippen molar-refractivity contribution in [3.8, 4) is 0 Å². The summed E-state index contributed by atoms with van der Waals surface area (Å²) in [4.78, 5) is 33.8. The van der Waals surface area contributed by atoms with Gasteiger partial charge in [-0.2, -0.15) is 0 Å². The molecule has 0 spiro atoms. The minimum absolute atomic E-state index is 0.0893. The first-order valence-electron chi connectivity index (χ1n) is 9.90. The van der Waals surface area contributed by atoms with E-state index in [9.17, 15) is 14.9 Å². The van der Waals surface area contributed by atoms with E-state index in [0.29, 0.717) is 25.3 Å². The Bertz CT molecular complexity index is 1230. The van der Waals surface area contributed by atoms with Gasteiger partial charge < -0.3 is 25.8 Å². The van der Waals surface area contributed by atoms with Crippen LogP contribution < -0.4 is 16.4 Å². The van der Waals surface area contributed by atoms with Gasteiger partial charge in [0.2, 0.25) is 5.89 Å². The molecule has 4 aromatic rings. The maximum Gasteiger partial charge on any atom is 0.287 e. The topological polar surface area (TPSA) is 165 Å². The number of nitrogens with zero attached hydrogens (tertiary/aromatic N) is 3. The van der Waals surface area contributed by atoms with Crippen LogP contribution in [0, 0.1) is 10.1 Å². The van der Waals surface area contributed by atoms with Crippen molar-refractivity contribution < 1.29 is 14.1 Å². The predicted octanol–water partition coefficient (Wildman–Crippen LogP) is 2.54. The zero-order valence-electron chi connectivity index (χ0n) is 16.9. The maximum atomic E-state index is 12.3. The number of nitro groups is 1. The number of nitrogens with one attached hydrogen (secondary N) is 3. The number of nitrogens with two attached hydrogens (primary N) is 1. The number of carbonyl (C=O) groups excluding carboxylic acids is 1.